The molecule has 3 rings (SSSR count). The van der Waals surface area contributed by atoms with E-state index in [2.05, 4.69) is 0 Å². The van der Waals surface area contributed by atoms with Crippen LogP contribution in [0.25, 0.3) is 0 Å². The third-order valence-corrected chi connectivity index (χ3v) is 3.87. The van der Waals surface area contributed by atoms with Gasteiger partial charge in [0.25, 0.3) is 0 Å². The average Bonchev–Trinajstić information content (AvgIpc) is 2.38. The molecule has 0 radical (unpaired) electrons. The van der Waals surface area contributed by atoms with Gasteiger partial charge in [0, 0.05) is 5.92 Å². The highest BCUT2D eigenvalue weighted by Gasteiger charge is 2.38. The van der Waals surface area contributed by atoms with Crippen LogP contribution < -0.4 is 0 Å². The van der Waals surface area contributed by atoms with Gasteiger partial charge in [-0.05, 0) is 41.3 Å². The van der Waals surface area contributed by atoms with Gasteiger partial charge in [-0.25, -0.2) is 0 Å². The normalized spacial score (nSPS) is 17.8. The molecule has 116 valence electrons. The van der Waals surface area contributed by atoms with Gasteiger partial charge in [0.05, 0.1) is 11.1 Å². The maximum Gasteiger partial charge on any atom is 0.416 e. The fourth-order valence-corrected chi connectivity index (χ4v) is 2.74. The molecule has 1 unspecified atom stereocenters. The number of halogens is 6. The van der Waals surface area contributed by atoms with Crippen LogP contribution in [-0.4, -0.2) is 0 Å². The van der Waals surface area contributed by atoms with Crippen LogP contribution in [0.4, 0.5) is 26.3 Å². The van der Waals surface area contributed by atoms with Crippen molar-refractivity contribution in [2.75, 3.05) is 0 Å². The summed E-state index contributed by atoms with van der Waals surface area (Å²) in [5, 5.41) is 0. The van der Waals surface area contributed by atoms with Crippen LogP contribution in [0, 0.1) is 0 Å². The molecular formula is C16H10F6. The van der Waals surface area contributed by atoms with Gasteiger partial charge in [-0.3, -0.25) is 0 Å². The molecule has 0 N–H and O–H groups in total. The van der Waals surface area contributed by atoms with Crippen LogP contribution in [0.3, 0.4) is 0 Å². The number of fused-ring (bicyclic) bond motifs is 1. The second-order valence-electron chi connectivity index (χ2n) is 5.29. The van der Waals surface area contributed by atoms with Crippen molar-refractivity contribution in [3.8, 4) is 0 Å². The van der Waals surface area contributed by atoms with Crippen LogP contribution in [0.1, 0.15) is 33.7 Å². The van der Waals surface area contributed by atoms with E-state index in [1.807, 2.05) is 6.07 Å². The van der Waals surface area contributed by atoms with Gasteiger partial charge in [0.15, 0.2) is 0 Å². The van der Waals surface area contributed by atoms with Crippen molar-refractivity contribution in [2.24, 2.45) is 0 Å². The Labute approximate surface area is 122 Å². The lowest BCUT2D eigenvalue weighted by molar-refractivity contribution is -0.143. The van der Waals surface area contributed by atoms with Crippen molar-refractivity contribution in [1.29, 1.82) is 0 Å². The summed E-state index contributed by atoms with van der Waals surface area (Å²) >= 11 is 0. The molecule has 22 heavy (non-hydrogen) atoms. The fourth-order valence-electron chi connectivity index (χ4n) is 2.74. The van der Waals surface area contributed by atoms with Crippen molar-refractivity contribution in [1.82, 2.24) is 0 Å². The molecule has 0 spiro atoms. The Hall–Kier alpha value is -1.98. The van der Waals surface area contributed by atoms with Gasteiger partial charge < -0.3 is 0 Å². The summed E-state index contributed by atoms with van der Waals surface area (Å²) in [6.45, 7) is 0. The lowest BCUT2D eigenvalue weighted by Crippen LogP contribution is -2.20. The van der Waals surface area contributed by atoms with Gasteiger partial charge in [-0.1, -0.05) is 24.3 Å². The van der Waals surface area contributed by atoms with E-state index in [1.54, 1.807) is 18.2 Å². The Balaban J connectivity index is 2.09. The Bertz CT molecular complexity index is 679. The summed E-state index contributed by atoms with van der Waals surface area (Å²) in [6.07, 6.45) is -9.16. The van der Waals surface area contributed by atoms with E-state index in [1.165, 1.54) is 0 Å². The lowest BCUT2D eigenvalue weighted by Gasteiger charge is -2.31. The minimum Gasteiger partial charge on any atom is -0.166 e. The molecular weight excluding hydrogens is 306 g/mol. The minimum absolute atomic E-state index is 0.0563. The molecule has 0 saturated carbocycles. The summed E-state index contributed by atoms with van der Waals surface area (Å²) in [5.74, 6) is -0.417. The molecule has 0 heterocycles. The zero-order valence-electron chi connectivity index (χ0n) is 11.1. The summed E-state index contributed by atoms with van der Waals surface area (Å²) in [5.41, 5.74) is -0.724. The first-order chi connectivity index (χ1) is 10.2. The van der Waals surface area contributed by atoms with Gasteiger partial charge in [-0.15, -0.1) is 0 Å². The highest BCUT2D eigenvalue weighted by Crippen LogP contribution is 2.44. The molecule has 0 amide bonds. The lowest BCUT2D eigenvalue weighted by atomic mass is 9.73. The van der Waals surface area contributed by atoms with Crippen molar-refractivity contribution in [3.05, 3.63) is 70.3 Å². The highest BCUT2D eigenvalue weighted by atomic mass is 19.4. The topological polar surface area (TPSA) is 0 Å². The fraction of sp³-hybridized carbons (Fsp3) is 0.250. The summed E-state index contributed by atoms with van der Waals surface area (Å²) in [6, 6.07) is 8.87. The quantitative estimate of drug-likeness (QED) is 0.617. The first-order valence-electron chi connectivity index (χ1n) is 6.53. The Morgan fingerprint density at radius 1 is 0.773 bits per heavy atom. The van der Waals surface area contributed by atoms with Crippen molar-refractivity contribution >= 4 is 0 Å². The number of benzene rings is 2. The molecule has 1 atom stereocenters. The minimum atomic E-state index is -4.81. The molecule has 0 nitrogen and oxygen atoms in total. The van der Waals surface area contributed by atoms with Gasteiger partial charge >= 0.3 is 12.4 Å². The van der Waals surface area contributed by atoms with Crippen molar-refractivity contribution < 1.29 is 26.3 Å². The van der Waals surface area contributed by atoms with Crippen LogP contribution in [0.15, 0.2) is 42.5 Å². The molecule has 2 aromatic rings. The molecule has 0 aromatic heterocycles. The van der Waals surface area contributed by atoms with Crippen LogP contribution in [-0.2, 0) is 18.8 Å². The molecule has 2 aromatic carbocycles. The van der Waals surface area contributed by atoms with Gasteiger partial charge in [-0.2, -0.15) is 26.3 Å². The SMILES string of the molecule is FC(F)(F)c1cc(C2Cc3ccccc32)cc(C(F)(F)F)c1. The smallest absolute Gasteiger partial charge is 0.166 e. The molecule has 1 aliphatic rings. The summed E-state index contributed by atoms with van der Waals surface area (Å²) in [7, 11) is 0. The van der Waals surface area contributed by atoms with Crippen molar-refractivity contribution in [2.45, 2.75) is 24.7 Å². The van der Waals surface area contributed by atoms with Crippen LogP contribution in [0.5, 0.6) is 0 Å². The Morgan fingerprint density at radius 3 is 1.82 bits per heavy atom. The van der Waals surface area contributed by atoms with E-state index >= 15 is 0 Å². The van der Waals surface area contributed by atoms with Gasteiger partial charge in [0.1, 0.15) is 0 Å². The molecule has 1 aliphatic carbocycles. The predicted octanol–water partition coefficient (Wildman–Crippen LogP) is 5.41. The number of hydrogen-bond acceptors (Lipinski definition) is 0. The number of hydrogen-bond donors (Lipinski definition) is 0. The first-order valence-corrected chi connectivity index (χ1v) is 6.53. The predicted molar refractivity (Wildman–Crippen MR) is 68.4 cm³/mol. The van der Waals surface area contributed by atoms with Crippen LogP contribution >= 0.6 is 0 Å². The average molecular weight is 316 g/mol. The summed E-state index contributed by atoms with van der Waals surface area (Å²) < 4.78 is 77.1. The van der Waals surface area contributed by atoms with Crippen LogP contribution in [0.2, 0.25) is 0 Å². The largest absolute Gasteiger partial charge is 0.416 e. The van der Waals surface area contributed by atoms with E-state index in [0.717, 1.165) is 23.3 Å². The standard InChI is InChI=1S/C16H10F6/c17-15(18,19)11-5-10(6-12(8-11)16(20,21)22)14-7-9-3-1-2-4-13(9)14/h1-6,8,14H,7H2. The molecule has 0 saturated heterocycles. The molecule has 0 aliphatic heterocycles. The maximum absolute atomic E-state index is 12.8. The van der Waals surface area contributed by atoms with E-state index in [-0.39, 0.29) is 11.6 Å². The van der Waals surface area contributed by atoms with E-state index in [0.29, 0.717) is 6.42 Å². The maximum atomic E-state index is 12.8. The Kier molecular flexibility index (Phi) is 3.23. The highest BCUT2D eigenvalue weighted by molar-refractivity contribution is 5.49. The van der Waals surface area contributed by atoms with E-state index in [4.69, 9.17) is 0 Å². The third-order valence-electron chi connectivity index (χ3n) is 3.87. The second kappa shape index (κ2) is 4.76. The second-order valence-corrected chi connectivity index (χ2v) is 5.29. The monoisotopic (exact) mass is 316 g/mol. The van der Waals surface area contributed by atoms with E-state index < -0.39 is 29.4 Å². The number of rotatable bonds is 1. The molecule has 6 heteroatoms. The molecule has 0 bridgehead atoms. The zero-order valence-corrected chi connectivity index (χ0v) is 11.1. The zero-order chi connectivity index (χ0) is 16.1. The number of alkyl halides is 6. The summed E-state index contributed by atoms with van der Waals surface area (Å²) in [4.78, 5) is 0. The first kappa shape index (κ1) is 14.9. The van der Waals surface area contributed by atoms with E-state index in [9.17, 15) is 26.3 Å². The Morgan fingerprint density at radius 2 is 1.32 bits per heavy atom. The van der Waals surface area contributed by atoms with Crippen molar-refractivity contribution in [3.63, 3.8) is 0 Å². The third kappa shape index (κ3) is 2.58. The van der Waals surface area contributed by atoms with Gasteiger partial charge in [0.2, 0.25) is 0 Å². The molecule has 0 fully saturated rings.